The van der Waals surface area contributed by atoms with Gasteiger partial charge in [-0.25, -0.2) is 4.98 Å². The van der Waals surface area contributed by atoms with Gasteiger partial charge in [-0.05, 0) is 83.6 Å². The maximum absolute atomic E-state index is 5.10. The molecule has 0 N–H and O–H groups in total. The van der Waals surface area contributed by atoms with E-state index in [0.29, 0.717) is 0 Å². The van der Waals surface area contributed by atoms with Crippen molar-refractivity contribution in [2.24, 2.45) is 0 Å². The van der Waals surface area contributed by atoms with Crippen LogP contribution >= 0.6 is 11.8 Å². The third kappa shape index (κ3) is 5.62. The zero-order chi connectivity index (χ0) is 33.3. The number of anilines is 3. The topological polar surface area (TPSA) is 16.1 Å². The van der Waals surface area contributed by atoms with Gasteiger partial charge in [0.05, 0.1) is 22.8 Å². The van der Waals surface area contributed by atoms with E-state index in [1.54, 1.807) is 0 Å². The zero-order valence-corrected chi connectivity index (χ0v) is 28.8. The minimum Gasteiger partial charge on any atom is -0.308 e. The summed E-state index contributed by atoms with van der Waals surface area (Å²) in [6.45, 7) is 0. The smallest absolute Gasteiger partial charge is 0.0715 e. The molecule has 2 nitrogen and oxygen atoms in total. The normalized spacial score (nSPS) is 14.8. The highest BCUT2D eigenvalue weighted by Crippen LogP contribution is 2.52. The molecule has 1 aliphatic carbocycles. The molecule has 2 heterocycles. The fraction of sp³-hybridized carbons (Fsp3) is 0.128. The molecule has 242 valence electrons. The van der Waals surface area contributed by atoms with Gasteiger partial charge in [-0.1, -0.05) is 152 Å². The van der Waals surface area contributed by atoms with Gasteiger partial charge in [0.15, 0.2) is 0 Å². The molecule has 9 rings (SSSR count). The van der Waals surface area contributed by atoms with E-state index >= 15 is 0 Å². The lowest BCUT2D eigenvalue weighted by molar-refractivity contribution is 0.346. The standard InChI is InChI=1S/C47H38N2S/c1-4-14-35(15-5-1)41-32-37(33-42(48-41)36-16-6-2-7-17-36)34-22-24-38(25-23-34)47(30-12-3-13-31-47)39-26-28-40(29-27-39)49-43-18-8-10-20-45(43)50-46-21-11-9-19-44(46)49/h1-2,4-11,14-29,32-33H,3,12-13,30-31H2. The summed E-state index contributed by atoms with van der Waals surface area (Å²) in [4.78, 5) is 10.1. The number of benzene rings is 6. The minimum atomic E-state index is 0.00547. The average Bonchev–Trinajstić information content (AvgIpc) is 3.21. The molecular weight excluding hydrogens is 625 g/mol. The molecule has 0 radical (unpaired) electrons. The van der Waals surface area contributed by atoms with E-state index in [1.165, 1.54) is 81.2 Å². The van der Waals surface area contributed by atoms with Crippen molar-refractivity contribution in [2.75, 3.05) is 4.90 Å². The highest BCUT2D eigenvalue weighted by atomic mass is 32.2. The van der Waals surface area contributed by atoms with Crippen molar-refractivity contribution in [1.29, 1.82) is 0 Å². The molecule has 1 fully saturated rings. The van der Waals surface area contributed by atoms with Crippen LogP contribution in [0.1, 0.15) is 43.2 Å². The van der Waals surface area contributed by atoms with Crippen LogP contribution in [0.3, 0.4) is 0 Å². The summed E-state index contributed by atoms with van der Waals surface area (Å²) < 4.78 is 0. The molecule has 0 saturated heterocycles. The van der Waals surface area contributed by atoms with Crippen molar-refractivity contribution < 1.29 is 0 Å². The van der Waals surface area contributed by atoms with Crippen molar-refractivity contribution in [3.63, 3.8) is 0 Å². The van der Waals surface area contributed by atoms with E-state index in [1.807, 2.05) is 11.8 Å². The van der Waals surface area contributed by atoms with Gasteiger partial charge in [-0.3, -0.25) is 0 Å². The summed E-state index contributed by atoms with van der Waals surface area (Å²) in [7, 11) is 0. The van der Waals surface area contributed by atoms with Gasteiger partial charge in [0.25, 0.3) is 0 Å². The fourth-order valence-corrected chi connectivity index (χ4v) is 9.06. The molecule has 1 aliphatic heterocycles. The second-order valence-electron chi connectivity index (χ2n) is 13.5. The third-order valence-corrected chi connectivity index (χ3v) is 11.7. The number of nitrogens with zero attached hydrogens (tertiary/aromatic N) is 2. The monoisotopic (exact) mass is 662 g/mol. The van der Waals surface area contributed by atoms with Crippen LogP contribution in [0.5, 0.6) is 0 Å². The maximum atomic E-state index is 5.10. The van der Waals surface area contributed by atoms with Gasteiger partial charge in [-0.2, -0.15) is 0 Å². The van der Waals surface area contributed by atoms with E-state index in [-0.39, 0.29) is 5.41 Å². The first-order valence-electron chi connectivity index (χ1n) is 17.8. The highest BCUT2D eigenvalue weighted by Gasteiger charge is 2.36. The first kappa shape index (κ1) is 30.7. The molecule has 1 saturated carbocycles. The number of hydrogen-bond donors (Lipinski definition) is 0. The Morgan fingerprint density at radius 1 is 0.440 bits per heavy atom. The lowest BCUT2D eigenvalue weighted by Gasteiger charge is -2.39. The van der Waals surface area contributed by atoms with Gasteiger partial charge in [0.2, 0.25) is 0 Å². The highest BCUT2D eigenvalue weighted by molar-refractivity contribution is 7.99. The number of aromatic nitrogens is 1. The number of rotatable bonds is 6. The number of pyridine rings is 1. The molecule has 0 unspecified atom stereocenters. The Morgan fingerprint density at radius 2 is 0.920 bits per heavy atom. The molecule has 0 spiro atoms. The molecule has 3 heteroatoms. The Bertz CT molecular complexity index is 2150. The second-order valence-corrected chi connectivity index (χ2v) is 14.6. The molecule has 0 amide bonds. The van der Waals surface area contributed by atoms with E-state index in [4.69, 9.17) is 4.98 Å². The first-order valence-corrected chi connectivity index (χ1v) is 18.6. The van der Waals surface area contributed by atoms with Crippen molar-refractivity contribution in [1.82, 2.24) is 4.98 Å². The molecule has 6 aromatic carbocycles. The number of para-hydroxylation sites is 2. The second kappa shape index (κ2) is 13.2. The molecule has 7 aromatic rings. The van der Waals surface area contributed by atoms with Crippen LogP contribution in [0.4, 0.5) is 17.1 Å². The van der Waals surface area contributed by atoms with Crippen LogP contribution in [0.15, 0.2) is 180 Å². The summed E-state index contributed by atoms with van der Waals surface area (Å²) in [6.07, 6.45) is 6.14. The van der Waals surface area contributed by atoms with Gasteiger partial charge in [0.1, 0.15) is 0 Å². The van der Waals surface area contributed by atoms with E-state index in [9.17, 15) is 0 Å². The zero-order valence-electron chi connectivity index (χ0n) is 28.0. The van der Waals surface area contributed by atoms with Crippen LogP contribution in [0.25, 0.3) is 33.6 Å². The Morgan fingerprint density at radius 3 is 1.46 bits per heavy atom. The molecule has 0 atom stereocenters. The number of fused-ring (bicyclic) bond motifs is 2. The van der Waals surface area contributed by atoms with Crippen molar-refractivity contribution in [3.05, 3.63) is 181 Å². The maximum Gasteiger partial charge on any atom is 0.0715 e. The lowest BCUT2D eigenvalue weighted by Crippen LogP contribution is -2.30. The number of hydrogen-bond acceptors (Lipinski definition) is 3. The average molecular weight is 663 g/mol. The third-order valence-electron chi connectivity index (χ3n) is 10.6. The van der Waals surface area contributed by atoms with Crippen LogP contribution in [0, 0.1) is 0 Å². The van der Waals surface area contributed by atoms with E-state index in [2.05, 4.69) is 175 Å². The Hall–Kier alpha value is -5.38. The van der Waals surface area contributed by atoms with Gasteiger partial charge < -0.3 is 4.90 Å². The molecule has 2 aliphatic rings. The molecule has 1 aromatic heterocycles. The van der Waals surface area contributed by atoms with Crippen molar-refractivity contribution in [3.8, 4) is 33.6 Å². The van der Waals surface area contributed by atoms with Gasteiger partial charge >= 0.3 is 0 Å². The largest absolute Gasteiger partial charge is 0.308 e. The summed E-state index contributed by atoms with van der Waals surface area (Å²) in [5.41, 5.74) is 13.2. The summed E-state index contributed by atoms with van der Waals surface area (Å²) in [5, 5.41) is 0. The SMILES string of the molecule is c1ccc(-c2cc(-c3ccc(C4(c5ccc(N6c7ccccc7Sc7ccccc76)cc5)CCCCC4)cc3)cc(-c3ccccc3)n2)cc1. The Kier molecular flexibility index (Phi) is 8.06. The summed E-state index contributed by atoms with van der Waals surface area (Å²) in [6, 6.07) is 62.0. The van der Waals surface area contributed by atoms with Crippen LogP contribution in [-0.4, -0.2) is 4.98 Å². The predicted molar refractivity (Wildman–Crippen MR) is 210 cm³/mol. The quantitative estimate of drug-likeness (QED) is 0.176. The van der Waals surface area contributed by atoms with E-state index in [0.717, 1.165) is 22.5 Å². The Labute approximate surface area is 299 Å². The summed E-state index contributed by atoms with van der Waals surface area (Å²) in [5.74, 6) is 0. The lowest BCUT2D eigenvalue weighted by atomic mass is 9.65. The Balaban J connectivity index is 1.08. The van der Waals surface area contributed by atoms with Crippen molar-refractivity contribution >= 4 is 28.8 Å². The molecular formula is C47H38N2S. The van der Waals surface area contributed by atoms with E-state index < -0.39 is 0 Å². The fourth-order valence-electron chi connectivity index (χ4n) is 8.00. The van der Waals surface area contributed by atoms with Gasteiger partial charge in [-0.15, -0.1) is 0 Å². The van der Waals surface area contributed by atoms with Crippen LogP contribution < -0.4 is 4.90 Å². The first-order chi connectivity index (χ1) is 24.7. The van der Waals surface area contributed by atoms with Gasteiger partial charge in [0, 0.05) is 32.0 Å². The minimum absolute atomic E-state index is 0.00547. The predicted octanol–water partition coefficient (Wildman–Crippen LogP) is 13.3. The van der Waals surface area contributed by atoms with Crippen LogP contribution in [0.2, 0.25) is 0 Å². The molecule has 50 heavy (non-hydrogen) atoms. The van der Waals surface area contributed by atoms with Crippen molar-refractivity contribution in [2.45, 2.75) is 47.3 Å². The summed E-state index contributed by atoms with van der Waals surface area (Å²) >= 11 is 1.86. The van der Waals surface area contributed by atoms with Crippen LogP contribution in [-0.2, 0) is 5.41 Å². The molecule has 0 bridgehead atoms.